The van der Waals surface area contributed by atoms with Crippen molar-refractivity contribution in [2.24, 2.45) is 0 Å². The number of phenolic OH excluding ortho intramolecular Hbond substituents is 1. The summed E-state index contributed by atoms with van der Waals surface area (Å²) in [6.07, 6.45) is 0.830. The zero-order valence-corrected chi connectivity index (χ0v) is 12.9. The fourth-order valence-electron chi connectivity index (χ4n) is 3.03. The molecule has 0 bridgehead atoms. The molecule has 0 atom stereocenters. The lowest BCUT2D eigenvalue weighted by Crippen LogP contribution is -2.30. The minimum Gasteiger partial charge on any atom is -0.508 e. The number of ether oxygens (including phenoxy) is 1. The summed E-state index contributed by atoms with van der Waals surface area (Å²) in [7, 11) is 1.62. The Hall–Kier alpha value is -2.07. The summed E-state index contributed by atoms with van der Waals surface area (Å²) < 4.78 is 19.3. The molecule has 0 amide bonds. The third-order valence-corrected chi connectivity index (χ3v) is 4.29. The van der Waals surface area contributed by atoms with Gasteiger partial charge in [-0.2, -0.15) is 0 Å². The molecule has 2 aromatic rings. The predicted molar refractivity (Wildman–Crippen MR) is 83.6 cm³/mol. The fourth-order valence-corrected chi connectivity index (χ4v) is 3.03. The minimum atomic E-state index is -0.145. The Kier molecular flexibility index (Phi) is 4.03. The van der Waals surface area contributed by atoms with Gasteiger partial charge >= 0.3 is 0 Å². The van der Waals surface area contributed by atoms with Crippen molar-refractivity contribution in [2.45, 2.75) is 26.4 Å². The van der Waals surface area contributed by atoms with Gasteiger partial charge in [0.2, 0.25) is 0 Å². The fraction of sp³-hybridized carbons (Fsp3) is 0.333. The van der Waals surface area contributed by atoms with Crippen molar-refractivity contribution in [2.75, 3.05) is 13.7 Å². The van der Waals surface area contributed by atoms with Crippen LogP contribution in [0.5, 0.6) is 11.5 Å². The van der Waals surface area contributed by atoms with Crippen LogP contribution < -0.4 is 4.74 Å². The molecule has 22 heavy (non-hydrogen) atoms. The van der Waals surface area contributed by atoms with Crippen LogP contribution in [0.2, 0.25) is 0 Å². The zero-order valence-electron chi connectivity index (χ0n) is 12.9. The maximum absolute atomic E-state index is 13.9. The highest BCUT2D eigenvalue weighted by atomic mass is 19.1. The van der Waals surface area contributed by atoms with E-state index < -0.39 is 0 Å². The van der Waals surface area contributed by atoms with Crippen LogP contribution in [-0.2, 0) is 19.5 Å². The second-order valence-electron chi connectivity index (χ2n) is 5.79. The summed E-state index contributed by atoms with van der Waals surface area (Å²) in [5, 5.41) is 10.1. The molecule has 4 heteroatoms. The smallest absolute Gasteiger partial charge is 0.127 e. The summed E-state index contributed by atoms with van der Waals surface area (Å²) in [5.74, 6) is 0.877. The summed E-state index contributed by atoms with van der Waals surface area (Å²) in [5.41, 5.74) is 3.57. The molecule has 2 aromatic carbocycles. The van der Waals surface area contributed by atoms with E-state index in [4.69, 9.17) is 4.74 Å². The summed E-state index contributed by atoms with van der Waals surface area (Å²) in [6.45, 7) is 3.90. The number of hydrogen-bond acceptors (Lipinski definition) is 3. The van der Waals surface area contributed by atoms with Crippen molar-refractivity contribution < 1.29 is 14.2 Å². The first-order valence-electron chi connectivity index (χ1n) is 7.43. The number of aromatic hydroxyl groups is 1. The quantitative estimate of drug-likeness (QED) is 0.943. The Morgan fingerprint density at radius 3 is 2.91 bits per heavy atom. The highest BCUT2D eigenvalue weighted by molar-refractivity contribution is 5.45. The monoisotopic (exact) mass is 301 g/mol. The van der Waals surface area contributed by atoms with Gasteiger partial charge in [0.15, 0.2) is 0 Å². The summed E-state index contributed by atoms with van der Waals surface area (Å²) in [6, 6.07) is 8.84. The zero-order chi connectivity index (χ0) is 15.7. The van der Waals surface area contributed by atoms with E-state index in [2.05, 4.69) is 4.90 Å². The lowest BCUT2D eigenvalue weighted by molar-refractivity contribution is 0.237. The summed E-state index contributed by atoms with van der Waals surface area (Å²) in [4.78, 5) is 2.15. The van der Waals surface area contributed by atoms with Crippen molar-refractivity contribution >= 4 is 0 Å². The first-order valence-corrected chi connectivity index (χ1v) is 7.43. The Labute approximate surface area is 130 Å². The molecule has 1 aliphatic heterocycles. The Balaban J connectivity index is 1.82. The van der Waals surface area contributed by atoms with E-state index in [-0.39, 0.29) is 11.6 Å². The lowest BCUT2D eigenvalue weighted by atomic mass is 9.98. The van der Waals surface area contributed by atoms with Crippen molar-refractivity contribution in [3.63, 3.8) is 0 Å². The van der Waals surface area contributed by atoms with Gasteiger partial charge in [-0.25, -0.2) is 4.39 Å². The number of halogens is 1. The van der Waals surface area contributed by atoms with Crippen molar-refractivity contribution in [1.29, 1.82) is 0 Å². The van der Waals surface area contributed by atoms with Crippen LogP contribution in [0.4, 0.5) is 4.39 Å². The maximum Gasteiger partial charge on any atom is 0.127 e. The second-order valence-corrected chi connectivity index (χ2v) is 5.79. The van der Waals surface area contributed by atoms with E-state index in [1.807, 2.05) is 19.1 Å². The van der Waals surface area contributed by atoms with Gasteiger partial charge in [-0.15, -0.1) is 0 Å². The highest BCUT2D eigenvalue weighted by Crippen LogP contribution is 2.30. The van der Waals surface area contributed by atoms with Gasteiger partial charge in [0.1, 0.15) is 17.3 Å². The minimum absolute atomic E-state index is 0.145. The molecule has 0 saturated heterocycles. The van der Waals surface area contributed by atoms with E-state index in [0.717, 1.165) is 41.0 Å². The molecular formula is C18H20FNO2. The third-order valence-electron chi connectivity index (χ3n) is 4.29. The molecular weight excluding hydrogens is 281 g/mol. The van der Waals surface area contributed by atoms with Gasteiger partial charge in [0.05, 0.1) is 7.11 Å². The van der Waals surface area contributed by atoms with E-state index in [0.29, 0.717) is 13.1 Å². The SMILES string of the molecule is COc1cc(CN2CCc3cccc(F)c3C2)c(O)cc1C. The summed E-state index contributed by atoms with van der Waals surface area (Å²) >= 11 is 0. The number of methoxy groups -OCH3 is 1. The molecule has 0 aromatic heterocycles. The van der Waals surface area contributed by atoms with Crippen LogP contribution in [0.15, 0.2) is 30.3 Å². The van der Waals surface area contributed by atoms with E-state index in [1.54, 1.807) is 19.2 Å². The van der Waals surface area contributed by atoms with Crippen LogP contribution in [0.25, 0.3) is 0 Å². The van der Waals surface area contributed by atoms with Crippen molar-refractivity contribution in [3.05, 3.63) is 58.4 Å². The van der Waals surface area contributed by atoms with E-state index in [9.17, 15) is 9.50 Å². The first-order chi connectivity index (χ1) is 10.6. The number of benzene rings is 2. The molecule has 1 N–H and O–H groups in total. The number of rotatable bonds is 3. The predicted octanol–water partition coefficient (Wildman–Crippen LogP) is 3.41. The van der Waals surface area contributed by atoms with E-state index in [1.165, 1.54) is 6.07 Å². The van der Waals surface area contributed by atoms with Gasteiger partial charge < -0.3 is 9.84 Å². The molecule has 3 rings (SSSR count). The van der Waals surface area contributed by atoms with E-state index >= 15 is 0 Å². The molecule has 0 radical (unpaired) electrons. The largest absolute Gasteiger partial charge is 0.508 e. The third kappa shape index (κ3) is 2.79. The average Bonchev–Trinajstić information content (AvgIpc) is 2.51. The number of fused-ring (bicyclic) bond motifs is 1. The topological polar surface area (TPSA) is 32.7 Å². The molecule has 3 nitrogen and oxygen atoms in total. The first kappa shape index (κ1) is 14.9. The van der Waals surface area contributed by atoms with Crippen molar-refractivity contribution in [1.82, 2.24) is 4.90 Å². The molecule has 0 fully saturated rings. The van der Waals surface area contributed by atoms with Crippen LogP contribution in [0.3, 0.4) is 0 Å². The van der Waals surface area contributed by atoms with Crippen LogP contribution in [0.1, 0.15) is 22.3 Å². The average molecular weight is 301 g/mol. The van der Waals surface area contributed by atoms with Crippen LogP contribution >= 0.6 is 0 Å². The van der Waals surface area contributed by atoms with Crippen LogP contribution in [0, 0.1) is 12.7 Å². The van der Waals surface area contributed by atoms with Crippen molar-refractivity contribution in [3.8, 4) is 11.5 Å². The number of hydrogen-bond donors (Lipinski definition) is 1. The van der Waals surface area contributed by atoms with Gasteiger partial charge in [0.25, 0.3) is 0 Å². The van der Waals surface area contributed by atoms with Gasteiger partial charge in [0, 0.05) is 30.8 Å². The Morgan fingerprint density at radius 2 is 2.14 bits per heavy atom. The standard InChI is InChI=1S/C18H20FNO2/c1-12-8-17(21)14(9-18(12)22-2)10-20-7-6-13-4-3-5-16(19)15(13)11-20/h3-5,8-9,21H,6-7,10-11H2,1-2H3. The molecule has 116 valence electrons. The second kappa shape index (κ2) is 5.97. The van der Waals surface area contributed by atoms with Gasteiger partial charge in [-0.1, -0.05) is 12.1 Å². The highest BCUT2D eigenvalue weighted by Gasteiger charge is 2.20. The number of aryl methyl sites for hydroxylation is 1. The van der Waals surface area contributed by atoms with Crippen LogP contribution in [-0.4, -0.2) is 23.7 Å². The molecule has 0 aliphatic carbocycles. The number of phenols is 1. The van der Waals surface area contributed by atoms with Gasteiger partial charge in [-0.3, -0.25) is 4.90 Å². The normalized spacial score (nSPS) is 14.7. The lowest BCUT2D eigenvalue weighted by Gasteiger charge is -2.29. The van der Waals surface area contributed by atoms with Gasteiger partial charge in [-0.05, 0) is 42.7 Å². The Morgan fingerprint density at radius 1 is 1.32 bits per heavy atom. The number of nitrogens with zero attached hydrogens (tertiary/aromatic N) is 1. The maximum atomic E-state index is 13.9. The molecule has 0 saturated carbocycles. The Bertz CT molecular complexity index is 700. The molecule has 0 spiro atoms. The molecule has 0 unspecified atom stereocenters. The molecule has 1 heterocycles. The molecule has 1 aliphatic rings.